The topological polar surface area (TPSA) is 21.3 Å². The minimum absolute atomic E-state index is 0.206. The summed E-state index contributed by atoms with van der Waals surface area (Å²) < 4.78 is 20.3. The summed E-state index contributed by atoms with van der Waals surface area (Å²) in [6.07, 6.45) is 0. The number of halogens is 2. The third kappa shape index (κ3) is 3.44. The van der Waals surface area contributed by atoms with Crippen molar-refractivity contribution >= 4 is 15.9 Å². The molecule has 2 aromatic carbocycles. The molecule has 0 aromatic heterocycles. The van der Waals surface area contributed by atoms with E-state index in [9.17, 15) is 4.39 Å². The van der Waals surface area contributed by atoms with E-state index in [2.05, 4.69) is 21.2 Å². The average Bonchev–Trinajstić information content (AvgIpc) is 2.49. The van der Waals surface area contributed by atoms with Gasteiger partial charge in [-0.25, -0.2) is 4.39 Å². The number of nitrogens with one attached hydrogen (secondary N) is 1. The summed E-state index contributed by atoms with van der Waals surface area (Å²) in [5.41, 5.74) is 2.67. The molecular formula is C17H19BrFNO. The number of hydrogen-bond acceptors (Lipinski definition) is 2. The zero-order valence-corrected chi connectivity index (χ0v) is 14.0. The van der Waals surface area contributed by atoms with Crippen molar-refractivity contribution < 1.29 is 9.13 Å². The van der Waals surface area contributed by atoms with Crippen LogP contribution in [-0.4, -0.2) is 13.7 Å². The summed E-state index contributed by atoms with van der Waals surface area (Å²) in [6.45, 7) is 4.74. The van der Waals surface area contributed by atoms with Crippen LogP contribution >= 0.6 is 15.9 Å². The van der Waals surface area contributed by atoms with Gasteiger partial charge >= 0.3 is 0 Å². The summed E-state index contributed by atoms with van der Waals surface area (Å²) in [5.74, 6) is 0.578. The maximum absolute atomic E-state index is 14.4. The van der Waals surface area contributed by atoms with Crippen LogP contribution in [0.5, 0.6) is 5.75 Å². The highest BCUT2D eigenvalue weighted by Gasteiger charge is 2.19. The lowest BCUT2D eigenvalue weighted by molar-refractivity contribution is 0.410. The molecule has 1 N–H and O–H groups in total. The minimum atomic E-state index is -0.233. The van der Waals surface area contributed by atoms with Crippen molar-refractivity contribution in [2.24, 2.45) is 0 Å². The maximum Gasteiger partial charge on any atom is 0.142 e. The first-order valence-electron chi connectivity index (χ1n) is 6.90. The van der Waals surface area contributed by atoms with Gasteiger partial charge in [-0.15, -0.1) is 0 Å². The summed E-state index contributed by atoms with van der Waals surface area (Å²) in [4.78, 5) is 0. The fraction of sp³-hybridized carbons (Fsp3) is 0.294. The van der Waals surface area contributed by atoms with Crippen LogP contribution in [0.3, 0.4) is 0 Å². The predicted molar refractivity (Wildman–Crippen MR) is 87.4 cm³/mol. The molecule has 0 spiro atoms. The molecule has 0 radical (unpaired) electrons. The number of ether oxygens (including phenoxy) is 1. The van der Waals surface area contributed by atoms with E-state index in [1.54, 1.807) is 19.2 Å². The van der Waals surface area contributed by atoms with Crippen LogP contribution in [0.1, 0.15) is 29.7 Å². The minimum Gasteiger partial charge on any atom is -0.496 e. The van der Waals surface area contributed by atoms with Gasteiger partial charge in [0.05, 0.1) is 17.6 Å². The Balaban J connectivity index is 2.50. The van der Waals surface area contributed by atoms with E-state index in [0.717, 1.165) is 23.4 Å². The summed E-state index contributed by atoms with van der Waals surface area (Å²) in [5, 5.41) is 3.34. The highest BCUT2D eigenvalue weighted by molar-refractivity contribution is 9.10. The quantitative estimate of drug-likeness (QED) is 0.849. The van der Waals surface area contributed by atoms with E-state index in [4.69, 9.17) is 4.74 Å². The van der Waals surface area contributed by atoms with Crippen molar-refractivity contribution in [1.82, 2.24) is 5.32 Å². The Morgan fingerprint density at radius 1 is 1.29 bits per heavy atom. The van der Waals surface area contributed by atoms with Crippen LogP contribution in [0.25, 0.3) is 0 Å². The molecule has 112 valence electrons. The number of methoxy groups -OCH3 is 1. The Hall–Kier alpha value is -1.39. The first-order valence-corrected chi connectivity index (χ1v) is 7.69. The lowest BCUT2D eigenvalue weighted by Gasteiger charge is -2.21. The smallest absolute Gasteiger partial charge is 0.142 e. The maximum atomic E-state index is 14.4. The second kappa shape index (κ2) is 7.05. The molecule has 1 unspecified atom stereocenters. The molecule has 0 aliphatic carbocycles. The predicted octanol–water partition coefficient (Wildman–Crippen LogP) is 4.60. The van der Waals surface area contributed by atoms with Crippen LogP contribution < -0.4 is 10.1 Å². The molecule has 0 aliphatic rings. The van der Waals surface area contributed by atoms with E-state index in [1.165, 1.54) is 0 Å². The van der Waals surface area contributed by atoms with E-state index in [1.807, 2.05) is 38.1 Å². The fourth-order valence-corrected chi connectivity index (χ4v) is 2.75. The molecule has 0 saturated carbocycles. The third-order valence-corrected chi connectivity index (χ3v) is 4.08. The highest BCUT2D eigenvalue weighted by Crippen LogP contribution is 2.31. The number of rotatable bonds is 5. The Morgan fingerprint density at radius 3 is 2.71 bits per heavy atom. The third-order valence-electron chi connectivity index (χ3n) is 3.47. The molecule has 1 atom stereocenters. The van der Waals surface area contributed by atoms with E-state index in [-0.39, 0.29) is 11.9 Å². The van der Waals surface area contributed by atoms with Gasteiger partial charge in [-0.05, 0) is 52.7 Å². The number of aryl methyl sites for hydroxylation is 1. The van der Waals surface area contributed by atoms with Gasteiger partial charge in [0.2, 0.25) is 0 Å². The Labute approximate surface area is 133 Å². The van der Waals surface area contributed by atoms with E-state index >= 15 is 0 Å². The normalized spacial score (nSPS) is 12.2. The van der Waals surface area contributed by atoms with Crippen molar-refractivity contribution in [2.75, 3.05) is 13.7 Å². The SMILES string of the molecule is CCNC(c1ccc(C)c(OC)c1)c1cccc(Br)c1F. The molecule has 0 bridgehead atoms. The Morgan fingerprint density at radius 2 is 2.05 bits per heavy atom. The van der Waals surface area contributed by atoms with Gasteiger partial charge in [0.1, 0.15) is 11.6 Å². The van der Waals surface area contributed by atoms with Gasteiger partial charge in [-0.2, -0.15) is 0 Å². The summed E-state index contributed by atoms with van der Waals surface area (Å²) >= 11 is 3.25. The van der Waals surface area contributed by atoms with Crippen LogP contribution in [0, 0.1) is 12.7 Å². The van der Waals surface area contributed by atoms with Gasteiger partial charge in [-0.3, -0.25) is 0 Å². The fourth-order valence-electron chi connectivity index (χ4n) is 2.37. The number of hydrogen-bond donors (Lipinski definition) is 1. The lowest BCUT2D eigenvalue weighted by atomic mass is 9.97. The van der Waals surface area contributed by atoms with Crippen LogP contribution in [0.2, 0.25) is 0 Å². The molecule has 0 aliphatic heterocycles. The second-order valence-corrected chi connectivity index (χ2v) is 5.72. The van der Waals surface area contributed by atoms with Gasteiger partial charge < -0.3 is 10.1 Å². The zero-order valence-electron chi connectivity index (χ0n) is 12.4. The van der Waals surface area contributed by atoms with Crippen molar-refractivity contribution in [2.45, 2.75) is 19.9 Å². The van der Waals surface area contributed by atoms with Crippen LogP contribution in [0.15, 0.2) is 40.9 Å². The molecular weight excluding hydrogens is 333 g/mol. The largest absolute Gasteiger partial charge is 0.496 e. The second-order valence-electron chi connectivity index (χ2n) is 4.86. The molecule has 2 rings (SSSR count). The van der Waals surface area contributed by atoms with Gasteiger partial charge in [0, 0.05) is 5.56 Å². The van der Waals surface area contributed by atoms with Gasteiger partial charge in [0.25, 0.3) is 0 Å². The van der Waals surface area contributed by atoms with Gasteiger partial charge in [0.15, 0.2) is 0 Å². The first kappa shape index (κ1) is 16.0. The molecule has 4 heteroatoms. The van der Waals surface area contributed by atoms with Gasteiger partial charge in [-0.1, -0.05) is 31.2 Å². The van der Waals surface area contributed by atoms with Crippen LogP contribution in [-0.2, 0) is 0 Å². The monoisotopic (exact) mass is 351 g/mol. The molecule has 0 amide bonds. The van der Waals surface area contributed by atoms with E-state index in [0.29, 0.717) is 10.0 Å². The van der Waals surface area contributed by atoms with Crippen molar-refractivity contribution in [3.8, 4) is 5.75 Å². The van der Waals surface area contributed by atoms with Crippen molar-refractivity contribution in [3.63, 3.8) is 0 Å². The first-order chi connectivity index (χ1) is 10.1. The average molecular weight is 352 g/mol. The Bertz CT molecular complexity index is 630. The van der Waals surface area contributed by atoms with E-state index < -0.39 is 0 Å². The summed E-state index contributed by atoms with van der Waals surface area (Å²) in [7, 11) is 1.65. The molecule has 0 heterocycles. The van der Waals surface area contributed by atoms with Crippen molar-refractivity contribution in [3.05, 3.63) is 63.4 Å². The van der Waals surface area contributed by atoms with Crippen LogP contribution in [0.4, 0.5) is 4.39 Å². The summed E-state index contributed by atoms with van der Waals surface area (Å²) in [6, 6.07) is 11.1. The molecule has 0 fully saturated rings. The molecule has 2 aromatic rings. The molecule has 0 saturated heterocycles. The lowest BCUT2D eigenvalue weighted by Crippen LogP contribution is -2.23. The zero-order chi connectivity index (χ0) is 15.4. The molecule has 2 nitrogen and oxygen atoms in total. The highest BCUT2D eigenvalue weighted by atomic mass is 79.9. The molecule has 21 heavy (non-hydrogen) atoms. The van der Waals surface area contributed by atoms with Crippen molar-refractivity contribution in [1.29, 1.82) is 0 Å². The number of benzene rings is 2. The Kier molecular flexibility index (Phi) is 5.37. The standard InChI is InChI=1S/C17H19BrFNO/c1-4-20-17(13-6-5-7-14(18)16(13)19)12-9-8-11(2)15(10-12)21-3/h5-10,17,20H,4H2,1-3H3.